The van der Waals surface area contributed by atoms with E-state index in [0.29, 0.717) is 12.8 Å². The zero-order chi connectivity index (χ0) is 18.0. The molecule has 0 aromatic carbocycles. The van der Waals surface area contributed by atoms with E-state index in [1.54, 1.807) is 0 Å². The molecule has 4 heteroatoms. The normalized spacial score (nSPS) is 14.8. The van der Waals surface area contributed by atoms with Crippen LogP contribution in [0, 0.1) is 0 Å². The van der Waals surface area contributed by atoms with E-state index in [1.807, 2.05) is 0 Å². The first-order chi connectivity index (χ1) is 11.6. The molecule has 0 aromatic heterocycles. The summed E-state index contributed by atoms with van der Waals surface area (Å²) in [5, 5.41) is 18.5. The minimum atomic E-state index is -0.797. The van der Waals surface area contributed by atoms with Crippen molar-refractivity contribution in [2.24, 2.45) is 0 Å². The van der Waals surface area contributed by atoms with Crippen molar-refractivity contribution in [2.75, 3.05) is 0 Å². The van der Waals surface area contributed by atoms with E-state index in [9.17, 15) is 9.90 Å². The minimum Gasteiger partial charge on any atom is -0.481 e. The van der Waals surface area contributed by atoms with Crippen molar-refractivity contribution in [3.05, 3.63) is 36.5 Å². The molecule has 2 atom stereocenters. The van der Waals surface area contributed by atoms with Crippen LogP contribution in [0.2, 0.25) is 0 Å². The molecule has 138 valence electrons. The topological polar surface area (TPSA) is 57.5 Å². The van der Waals surface area contributed by atoms with Gasteiger partial charge in [-0.1, -0.05) is 78.8 Å². The van der Waals surface area contributed by atoms with Crippen LogP contribution >= 0.6 is 22.6 Å². The summed E-state index contributed by atoms with van der Waals surface area (Å²) in [6.45, 7) is 2.22. The van der Waals surface area contributed by atoms with E-state index in [2.05, 4.69) is 66.0 Å². The Bertz CT molecular complexity index is 388. The van der Waals surface area contributed by atoms with E-state index < -0.39 is 12.1 Å². The molecule has 0 saturated carbocycles. The van der Waals surface area contributed by atoms with Crippen LogP contribution in [0.5, 0.6) is 0 Å². The number of rotatable bonds is 15. The van der Waals surface area contributed by atoms with Gasteiger partial charge in [-0.2, -0.15) is 0 Å². The Kier molecular flexibility index (Phi) is 16.8. The van der Waals surface area contributed by atoms with Crippen molar-refractivity contribution in [3.8, 4) is 0 Å². The third kappa shape index (κ3) is 16.2. The fourth-order valence-electron chi connectivity index (χ4n) is 2.20. The van der Waals surface area contributed by atoms with Crippen molar-refractivity contribution in [1.82, 2.24) is 0 Å². The lowest BCUT2D eigenvalue weighted by atomic mass is 10.1. The molecule has 0 rings (SSSR count). The molecule has 0 spiro atoms. The Morgan fingerprint density at radius 3 is 2.25 bits per heavy atom. The van der Waals surface area contributed by atoms with Crippen molar-refractivity contribution >= 4 is 28.6 Å². The van der Waals surface area contributed by atoms with Gasteiger partial charge in [-0.05, 0) is 44.9 Å². The highest BCUT2D eigenvalue weighted by Gasteiger charge is 2.14. The first-order valence-electron chi connectivity index (χ1n) is 9.06. The average molecular weight is 448 g/mol. The van der Waals surface area contributed by atoms with Gasteiger partial charge in [0.05, 0.1) is 6.10 Å². The Labute approximate surface area is 161 Å². The minimum absolute atomic E-state index is 0.133. The molecule has 0 aliphatic carbocycles. The molecule has 3 nitrogen and oxygen atoms in total. The SMILES string of the molecule is CCCCCC=CCC=CCC=CCC(I)C(O)CCCC(=O)O. The monoisotopic (exact) mass is 448 g/mol. The van der Waals surface area contributed by atoms with Gasteiger partial charge in [0.2, 0.25) is 0 Å². The molecule has 0 aromatic rings. The number of halogens is 1. The van der Waals surface area contributed by atoms with Crippen molar-refractivity contribution in [1.29, 1.82) is 0 Å². The molecule has 0 amide bonds. The molecule has 0 fully saturated rings. The van der Waals surface area contributed by atoms with Crippen molar-refractivity contribution in [3.63, 3.8) is 0 Å². The van der Waals surface area contributed by atoms with E-state index in [4.69, 9.17) is 5.11 Å². The van der Waals surface area contributed by atoms with Gasteiger partial charge < -0.3 is 10.2 Å². The van der Waals surface area contributed by atoms with Gasteiger partial charge in [0.1, 0.15) is 0 Å². The Balaban J connectivity index is 3.65. The van der Waals surface area contributed by atoms with E-state index in [-0.39, 0.29) is 10.3 Å². The Morgan fingerprint density at radius 2 is 1.62 bits per heavy atom. The zero-order valence-corrected chi connectivity index (χ0v) is 17.0. The molecule has 0 aliphatic heterocycles. The number of carboxylic acid groups (broad SMARTS) is 1. The molecule has 0 aliphatic rings. The quantitative estimate of drug-likeness (QED) is 0.144. The van der Waals surface area contributed by atoms with Crippen LogP contribution in [-0.2, 0) is 4.79 Å². The number of hydrogen-bond acceptors (Lipinski definition) is 2. The highest BCUT2D eigenvalue weighted by molar-refractivity contribution is 14.1. The van der Waals surface area contributed by atoms with Gasteiger partial charge in [-0.3, -0.25) is 4.79 Å². The number of allylic oxidation sites excluding steroid dienone is 6. The molecular weight excluding hydrogens is 415 g/mol. The van der Waals surface area contributed by atoms with Crippen LogP contribution in [-0.4, -0.2) is 26.2 Å². The molecule has 24 heavy (non-hydrogen) atoms. The molecule has 0 bridgehead atoms. The highest BCUT2D eigenvalue weighted by atomic mass is 127. The van der Waals surface area contributed by atoms with E-state index in [0.717, 1.165) is 19.3 Å². The van der Waals surface area contributed by atoms with E-state index in [1.165, 1.54) is 25.7 Å². The van der Waals surface area contributed by atoms with Crippen LogP contribution in [0.15, 0.2) is 36.5 Å². The van der Waals surface area contributed by atoms with Crippen LogP contribution in [0.3, 0.4) is 0 Å². The molecular formula is C20H33IO3. The van der Waals surface area contributed by atoms with E-state index >= 15 is 0 Å². The Morgan fingerprint density at radius 1 is 1.00 bits per heavy atom. The molecule has 2 unspecified atom stereocenters. The van der Waals surface area contributed by atoms with Crippen LogP contribution in [0.4, 0.5) is 0 Å². The van der Waals surface area contributed by atoms with Gasteiger partial charge in [-0.25, -0.2) is 0 Å². The Hall–Kier alpha value is -0.620. The maximum atomic E-state index is 10.4. The van der Waals surface area contributed by atoms with Crippen LogP contribution < -0.4 is 0 Å². The molecule has 0 heterocycles. The number of aliphatic hydroxyl groups excluding tert-OH is 1. The summed E-state index contributed by atoms with van der Waals surface area (Å²) in [6.07, 6.45) is 21.7. The lowest BCUT2D eigenvalue weighted by Gasteiger charge is -2.15. The predicted molar refractivity (Wildman–Crippen MR) is 111 cm³/mol. The number of alkyl halides is 1. The summed E-state index contributed by atoms with van der Waals surface area (Å²) in [7, 11) is 0. The van der Waals surface area contributed by atoms with Crippen molar-refractivity contribution < 1.29 is 15.0 Å². The number of hydrogen-bond donors (Lipinski definition) is 2. The molecule has 0 radical (unpaired) electrons. The molecule has 0 saturated heterocycles. The maximum absolute atomic E-state index is 10.4. The predicted octanol–water partition coefficient (Wildman–Crippen LogP) is 5.83. The third-order valence-corrected chi connectivity index (χ3v) is 5.03. The maximum Gasteiger partial charge on any atom is 0.303 e. The standard InChI is InChI=1S/C20H33IO3/c1-2-3-4-5-6-7-8-9-10-11-12-13-15-18(21)19(22)16-14-17-20(23)24/h6-7,9-10,12-13,18-19,22H,2-5,8,11,14-17H2,1H3,(H,23,24). The lowest BCUT2D eigenvalue weighted by Crippen LogP contribution is -2.19. The first-order valence-corrected chi connectivity index (χ1v) is 10.3. The second-order valence-corrected chi connectivity index (χ2v) is 7.59. The van der Waals surface area contributed by atoms with Crippen LogP contribution in [0.25, 0.3) is 0 Å². The van der Waals surface area contributed by atoms with Crippen LogP contribution in [0.1, 0.15) is 71.1 Å². The summed E-state index contributed by atoms with van der Waals surface area (Å²) in [4.78, 5) is 10.4. The van der Waals surface area contributed by atoms with Gasteiger partial charge in [0.25, 0.3) is 0 Å². The number of carbonyl (C=O) groups is 1. The summed E-state index contributed by atoms with van der Waals surface area (Å²) in [5.74, 6) is -0.797. The second kappa shape index (κ2) is 17.2. The highest BCUT2D eigenvalue weighted by Crippen LogP contribution is 2.17. The number of unbranched alkanes of at least 4 members (excludes halogenated alkanes) is 3. The summed E-state index contributed by atoms with van der Waals surface area (Å²) < 4.78 is 0.141. The van der Waals surface area contributed by atoms with Gasteiger partial charge >= 0.3 is 5.97 Å². The zero-order valence-electron chi connectivity index (χ0n) is 14.9. The summed E-state index contributed by atoms with van der Waals surface area (Å²) >= 11 is 2.24. The van der Waals surface area contributed by atoms with Gasteiger partial charge in [0.15, 0.2) is 0 Å². The smallest absolute Gasteiger partial charge is 0.303 e. The summed E-state index contributed by atoms with van der Waals surface area (Å²) in [6, 6.07) is 0. The fraction of sp³-hybridized carbons (Fsp3) is 0.650. The fourth-order valence-corrected chi connectivity index (χ4v) is 2.85. The van der Waals surface area contributed by atoms with Gasteiger partial charge in [-0.15, -0.1) is 0 Å². The second-order valence-electron chi connectivity index (χ2n) is 5.99. The average Bonchev–Trinajstić information content (AvgIpc) is 2.55. The lowest BCUT2D eigenvalue weighted by molar-refractivity contribution is -0.137. The molecule has 2 N–H and O–H groups in total. The summed E-state index contributed by atoms with van der Waals surface area (Å²) in [5.41, 5.74) is 0. The van der Waals surface area contributed by atoms with Crippen molar-refractivity contribution in [2.45, 2.75) is 81.2 Å². The number of aliphatic hydroxyl groups is 1. The first kappa shape index (κ1) is 23.4. The number of aliphatic carboxylic acids is 1. The largest absolute Gasteiger partial charge is 0.481 e. The number of carboxylic acids is 1. The van der Waals surface area contributed by atoms with Gasteiger partial charge in [0, 0.05) is 10.3 Å². The third-order valence-electron chi connectivity index (χ3n) is 3.69.